The van der Waals surface area contributed by atoms with Crippen molar-refractivity contribution in [2.24, 2.45) is 34.5 Å². The maximum absolute atomic E-state index is 11.1. The Labute approximate surface area is 162 Å². The number of aliphatic hydroxyl groups is 1. The van der Waals surface area contributed by atoms with Gasteiger partial charge in [-0.05, 0) is 119 Å². The molecule has 0 radical (unpaired) electrons. The lowest BCUT2D eigenvalue weighted by molar-refractivity contribution is -0.152. The maximum atomic E-state index is 11.1. The van der Waals surface area contributed by atoms with Gasteiger partial charge in [0.05, 0.1) is 5.60 Å². The number of rotatable bonds is 2. The van der Waals surface area contributed by atoms with E-state index in [9.17, 15) is 5.11 Å². The van der Waals surface area contributed by atoms with Crippen molar-refractivity contribution in [1.82, 2.24) is 0 Å². The predicted octanol–water partition coefficient (Wildman–Crippen LogP) is 6.00. The van der Waals surface area contributed by atoms with E-state index >= 15 is 0 Å². The summed E-state index contributed by atoms with van der Waals surface area (Å²) in [6.07, 6.45) is 12.1. The molecule has 0 amide bonds. The maximum Gasteiger partial charge on any atom is 0.184 e. The minimum atomic E-state index is -1.43. The molecule has 0 aromatic heterocycles. The SMILES string of the molecule is CC12CCC(O[Si](C)(C)C)CC1CCC1C2CCC2(C)C1CCC2(C)O. The molecule has 0 aromatic carbocycles. The molecule has 0 aliphatic heterocycles. The van der Waals surface area contributed by atoms with Crippen LogP contribution in [0.25, 0.3) is 0 Å². The molecule has 150 valence electrons. The highest BCUT2D eigenvalue weighted by atomic mass is 28.4. The molecule has 2 nitrogen and oxygen atoms in total. The van der Waals surface area contributed by atoms with E-state index in [1.54, 1.807) is 0 Å². The molecule has 26 heavy (non-hydrogen) atoms. The van der Waals surface area contributed by atoms with Crippen LogP contribution in [0.2, 0.25) is 19.6 Å². The molecule has 0 bridgehead atoms. The van der Waals surface area contributed by atoms with E-state index in [1.807, 2.05) is 0 Å². The standard InChI is InChI=1S/C23H42O2Si/c1-21-12-9-17(25-26(4,5)6)15-16(21)7-8-18-19(21)10-13-22(2)20(18)11-14-23(22,3)24/h16-20,24H,7-15H2,1-6H3. The quantitative estimate of drug-likeness (QED) is 0.597. The van der Waals surface area contributed by atoms with Gasteiger partial charge in [0.25, 0.3) is 0 Å². The van der Waals surface area contributed by atoms with Gasteiger partial charge in [-0.1, -0.05) is 13.8 Å². The Kier molecular flexibility index (Phi) is 4.54. The fourth-order valence-electron chi connectivity index (χ4n) is 8.07. The van der Waals surface area contributed by atoms with Crippen molar-refractivity contribution < 1.29 is 9.53 Å². The molecule has 4 rings (SSSR count). The number of fused-ring (bicyclic) bond motifs is 5. The zero-order chi connectivity index (χ0) is 19.0. The monoisotopic (exact) mass is 378 g/mol. The fraction of sp³-hybridized carbons (Fsp3) is 1.00. The van der Waals surface area contributed by atoms with Crippen LogP contribution >= 0.6 is 0 Å². The van der Waals surface area contributed by atoms with Crippen LogP contribution in [-0.4, -0.2) is 25.1 Å². The molecule has 0 heterocycles. The van der Waals surface area contributed by atoms with Crippen LogP contribution in [0, 0.1) is 34.5 Å². The second kappa shape index (κ2) is 6.07. The molecule has 0 spiro atoms. The molecular weight excluding hydrogens is 336 g/mol. The van der Waals surface area contributed by atoms with Crippen molar-refractivity contribution >= 4 is 8.32 Å². The highest BCUT2D eigenvalue weighted by Gasteiger charge is 2.63. The normalized spacial score (nSPS) is 54.3. The minimum Gasteiger partial charge on any atom is -0.415 e. The van der Waals surface area contributed by atoms with Gasteiger partial charge in [0.1, 0.15) is 0 Å². The molecule has 8 atom stereocenters. The molecule has 4 fully saturated rings. The average molecular weight is 379 g/mol. The lowest BCUT2D eigenvalue weighted by atomic mass is 9.44. The van der Waals surface area contributed by atoms with E-state index in [0.717, 1.165) is 30.1 Å². The molecule has 1 N–H and O–H groups in total. The topological polar surface area (TPSA) is 29.5 Å². The lowest BCUT2D eigenvalue weighted by Crippen LogP contribution is -2.56. The Hall–Kier alpha value is 0.137. The van der Waals surface area contributed by atoms with Gasteiger partial charge in [0.2, 0.25) is 0 Å². The zero-order valence-corrected chi connectivity index (χ0v) is 19.1. The first-order valence-electron chi connectivity index (χ1n) is 11.4. The summed E-state index contributed by atoms with van der Waals surface area (Å²) in [5, 5.41) is 11.1. The Balaban J connectivity index is 1.52. The number of hydrogen-bond donors (Lipinski definition) is 1. The molecule has 0 saturated heterocycles. The van der Waals surface area contributed by atoms with Crippen LogP contribution in [0.3, 0.4) is 0 Å². The first-order valence-corrected chi connectivity index (χ1v) is 14.8. The van der Waals surface area contributed by atoms with Gasteiger partial charge in [-0.15, -0.1) is 0 Å². The van der Waals surface area contributed by atoms with E-state index in [0.29, 0.717) is 11.5 Å². The smallest absolute Gasteiger partial charge is 0.184 e. The third-order valence-corrected chi connectivity index (χ3v) is 10.7. The summed E-state index contributed by atoms with van der Waals surface area (Å²) in [7, 11) is -1.43. The van der Waals surface area contributed by atoms with Crippen LogP contribution in [0.5, 0.6) is 0 Å². The van der Waals surface area contributed by atoms with Gasteiger partial charge < -0.3 is 9.53 Å². The molecule has 4 aliphatic carbocycles. The molecule has 4 aliphatic rings. The van der Waals surface area contributed by atoms with Crippen molar-refractivity contribution in [3.8, 4) is 0 Å². The first kappa shape index (κ1) is 19.5. The second-order valence-electron chi connectivity index (χ2n) is 12.1. The van der Waals surface area contributed by atoms with Crippen LogP contribution in [0.4, 0.5) is 0 Å². The summed E-state index contributed by atoms with van der Waals surface area (Å²) in [5.41, 5.74) is 0.247. The van der Waals surface area contributed by atoms with Crippen molar-refractivity contribution in [1.29, 1.82) is 0 Å². The van der Waals surface area contributed by atoms with Gasteiger partial charge in [0, 0.05) is 6.10 Å². The van der Waals surface area contributed by atoms with Crippen LogP contribution in [0.1, 0.15) is 78.6 Å². The minimum absolute atomic E-state index is 0.162. The Morgan fingerprint density at radius 3 is 2.23 bits per heavy atom. The van der Waals surface area contributed by atoms with Crippen molar-refractivity contribution in [2.75, 3.05) is 0 Å². The van der Waals surface area contributed by atoms with Gasteiger partial charge in [-0.2, -0.15) is 0 Å². The third kappa shape index (κ3) is 2.87. The second-order valence-corrected chi connectivity index (χ2v) is 16.5. The summed E-state index contributed by atoms with van der Waals surface area (Å²) in [4.78, 5) is 0. The fourth-order valence-corrected chi connectivity index (χ4v) is 9.28. The largest absolute Gasteiger partial charge is 0.415 e. The van der Waals surface area contributed by atoms with Crippen LogP contribution in [0.15, 0.2) is 0 Å². The van der Waals surface area contributed by atoms with Gasteiger partial charge in [-0.3, -0.25) is 0 Å². The molecule has 4 saturated carbocycles. The van der Waals surface area contributed by atoms with E-state index < -0.39 is 13.9 Å². The van der Waals surface area contributed by atoms with E-state index in [4.69, 9.17) is 4.43 Å². The van der Waals surface area contributed by atoms with Crippen LogP contribution in [-0.2, 0) is 4.43 Å². The Morgan fingerprint density at radius 2 is 1.54 bits per heavy atom. The molecule has 3 heteroatoms. The summed E-state index contributed by atoms with van der Waals surface area (Å²) < 4.78 is 6.53. The Morgan fingerprint density at radius 1 is 0.846 bits per heavy atom. The van der Waals surface area contributed by atoms with Gasteiger partial charge in [-0.25, -0.2) is 0 Å². The predicted molar refractivity (Wildman–Crippen MR) is 111 cm³/mol. The molecule has 8 unspecified atom stereocenters. The van der Waals surface area contributed by atoms with Gasteiger partial charge >= 0.3 is 0 Å². The van der Waals surface area contributed by atoms with Gasteiger partial charge in [0.15, 0.2) is 8.32 Å². The van der Waals surface area contributed by atoms with Crippen molar-refractivity contribution in [3.63, 3.8) is 0 Å². The number of hydrogen-bond acceptors (Lipinski definition) is 2. The summed E-state index contributed by atoms with van der Waals surface area (Å²) in [5.74, 6) is 3.37. The highest BCUT2D eigenvalue weighted by Crippen LogP contribution is 2.68. The Bertz CT molecular complexity index is 553. The summed E-state index contributed by atoms with van der Waals surface area (Å²) in [6, 6.07) is 0. The van der Waals surface area contributed by atoms with Crippen molar-refractivity contribution in [2.45, 2.75) is 110 Å². The van der Waals surface area contributed by atoms with E-state index in [-0.39, 0.29) is 5.41 Å². The highest BCUT2D eigenvalue weighted by molar-refractivity contribution is 6.69. The molecule has 0 aromatic rings. The average Bonchev–Trinajstić information content (AvgIpc) is 2.76. The third-order valence-electron chi connectivity index (χ3n) is 9.70. The zero-order valence-electron chi connectivity index (χ0n) is 18.1. The van der Waals surface area contributed by atoms with Crippen molar-refractivity contribution in [3.05, 3.63) is 0 Å². The van der Waals surface area contributed by atoms with E-state index in [2.05, 4.69) is 40.4 Å². The lowest BCUT2D eigenvalue weighted by Gasteiger charge is -2.61. The van der Waals surface area contributed by atoms with Crippen LogP contribution < -0.4 is 0 Å². The first-order chi connectivity index (χ1) is 12.0. The molecular formula is C23H42O2Si. The van der Waals surface area contributed by atoms with E-state index in [1.165, 1.54) is 51.4 Å². The summed E-state index contributed by atoms with van der Waals surface area (Å²) in [6.45, 7) is 14.2. The summed E-state index contributed by atoms with van der Waals surface area (Å²) >= 11 is 0.